The van der Waals surface area contributed by atoms with Gasteiger partial charge in [-0.2, -0.15) is 0 Å². The summed E-state index contributed by atoms with van der Waals surface area (Å²) in [6, 6.07) is 22.2. The van der Waals surface area contributed by atoms with Crippen LogP contribution in [-0.2, 0) is 0 Å². The van der Waals surface area contributed by atoms with Crippen LogP contribution < -0.4 is 0 Å². The van der Waals surface area contributed by atoms with E-state index >= 15 is 0 Å². The Labute approximate surface area is 121 Å². The zero-order valence-electron chi connectivity index (χ0n) is 11.2. The van der Waals surface area contributed by atoms with Gasteiger partial charge in [0, 0.05) is 10.8 Å². The van der Waals surface area contributed by atoms with Crippen LogP contribution in [0.4, 0.5) is 4.39 Å². The molecule has 0 nitrogen and oxygen atoms in total. The summed E-state index contributed by atoms with van der Waals surface area (Å²) in [6.07, 6.45) is 0. The highest BCUT2D eigenvalue weighted by atomic mass is 19.1. The second-order valence-electron chi connectivity index (χ2n) is 5.57. The first kappa shape index (κ1) is 11.0. The lowest BCUT2D eigenvalue weighted by atomic mass is 9.99. The van der Waals surface area contributed by atoms with Gasteiger partial charge < -0.3 is 0 Å². The summed E-state index contributed by atoms with van der Waals surface area (Å²) in [5, 5.41) is 4.20. The predicted molar refractivity (Wildman–Crippen MR) is 85.8 cm³/mol. The van der Waals surface area contributed by atoms with E-state index < -0.39 is 0 Å². The van der Waals surface area contributed by atoms with E-state index in [9.17, 15) is 4.39 Å². The van der Waals surface area contributed by atoms with Crippen molar-refractivity contribution >= 4 is 21.5 Å². The van der Waals surface area contributed by atoms with Crippen molar-refractivity contribution in [1.29, 1.82) is 0 Å². The van der Waals surface area contributed by atoms with E-state index in [1.807, 2.05) is 18.2 Å². The Morgan fingerprint density at radius 3 is 1.95 bits per heavy atom. The summed E-state index contributed by atoms with van der Waals surface area (Å²) in [6.45, 7) is 0. The molecule has 0 aromatic heterocycles. The predicted octanol–water partition coefficient (Wildman–Crippen LogP) is 5.78. The molecule has 0 amide bonds. The summed E-state index contributed by atoms with van der Waals surface area (Å²) in [5.41, 5.74) is 4.70. The van der Waals surface area contributed by atoms with Gasteiger partial charge in [-0.3, -0.25) is 0 Å². The summed E-state index contributed by atoms with van der Waals surface area (Å²) < 4.78 is 14.1. The quantitative estimate of drug-likeness (QED) is 0.334. The third-order valence-electron chi connectivity index (χ3n) is 4.45. The van der Waals surface area contributed by atoms with Crippen LogP contribution in [0, 0.1) is 5.82 Å². The molecule has 0 fully saturated rings. The Morgan fingerprint density at radius 1 is 0.571 bits per heavy atom. The maximum atomic E-state index is 14.1. The molecule has 0 saturated heterocycles. The number of halogens is 1. The third-order valence-corrected chi connectivity index (χ3v) is 4.45. The number of hydrogen-bond acceptors (Lipinski definition) is 0. The zero-order chi connectivity index (χ0) is 14.0. The van der Waals surface area contributed by atoms with Gasteiger partial charge in [0.25, 0.3) is 0 Å². The number of hydrogen-bond donors (Lipinski definition) is 0. The normalized spacial score (nSPS) is 12.0. The Kier molecular flexibility index (Phi) is 1.95. The van der Waals surface area contributed by atoms with Gasteiger partial charge in [-0.1, -0.05) is 48.5 Å². The first-order valence-corrected chi connectivity index (χ1v) is 7.08. The van der Waals surface area contributed by atoms with E-state index in [-0.39, 0.29) is 5.82 Å². The van der Waals surface area contributed by atoms with Crippen molar-refractivity contribution in [2.75, 3.05) is 0 Å². The highest BCUT2D eigenvalue weighted by molar-refractivity contribution is 6.17. The minimum atomic E-state index is -0.145. The molecule has 98 valence electrons. The number of rotatable bonds is 0. The Bertz CT molecular complexity index is 995. The van der Waals surface area contributed by atoms with Crippen molar-refractivity contribution in [3.05, 3.63) is 72.5 Å². The van der Waals surface area contributed by atoms with Crippen molar-refractivity contribution in [3.63, 3.8) is 0 Å². The molecule has 0 N–H and O–H groups in total. The average Bonchev–Trinajstić information content (AvgIpc) is 2.84. The maximum Gasteiger partial charge on any atom is 0.131 e. The fourth-order valence-corrected chi connectivity index (χ4v) is 3.51. The van der Waals surface area contributed by atoms with E-state index in [2.05, 4.69) is 42.5 Å². The van der Waals surface area contributed by atoms with Crippen LogP contribution in [0.3, 0.4) is 0 Å². The fourth-order valence-electron chi connectivity index (χ4n) is 3.51. The van der Waals surface area contributed by atoms with Crippen molar-refractivity contribution in [1.82, 2.24) is 0 Å². The Balaban J connectivity index is 2.01. The summed E-state index contributed by atoms with van der Waals surface area (Å²) in [5.74, 6) is -0.145. The minimum Gasteiger partial charge on any atom is -0.206 e. The maximum absolute atomic E-state index is 14.1. The van der Waals surface area contributed by atoms with E-state index in [4.69, 9.17) is 0 Å². The number of benzene rings is 4. The first-order chi connectivity index (χ1) is 10.3. The molecular formula is C20H11F. The second-order valence-corrected chi connectivity index (χ2v) is 5.57. The third kappa shape index (κ3) is 1.33. The standard InChI is InChI=1S/C20H11F/c21-19-9-8-15-18-11-13-5-2-1-4-12(13)10-17(18)14-6-3-7-16(19)20(14)15/h1-11H. The van der Waals surface area contributed by atoms with Gasteiger partial charge in [-0.25, -0.2) is 4.39 Å². The van der Waals surface area contributed by atoms with Crippen LogP contribution in [0.15, 0.2) is 66.7 Å². The summed E-state index contributed by atoms with van der Waals surface area (Å²) >= 11 is 0. The van der Waals surface area contributed by atoms with Gasteiger partial charge in [0.2, 0.25) is 0 Å². The topological polar surface area (TPSA) is 0 Å². The van der Waals surface area contributed by atoms with Gasteiger partial charge in [-0.05, 0) is 51.2 Å². The first-order valence-electron chi connectivity index (χ1n) is 7.08. The highest BCUT2D eigenvalue weighted by Gasteiger charge is 2.22. The molecule has 1 aliphatic rings. The molecule has 0 bridgehead atoms. The molecule has 4 aromatic carbocycles. The van der Waals surface area contributed by atoms with Crippen LogP contribution in [0.5, 0.6) is 0 Å². The summed E-state index contributed by atoms with van der Waals surface area (Å²) in [7, 11) is 0. The average molecular weight is 270 g/mol. The molecule has 0 spiro atoms. The van der Waals surface area contributed by atoms with Crippen LogP contribution >= 0.6 is 0 Å². The van der Waals surface area contributed by atoms with E-state index in [0.29, 0.717) is 5.39 Å². The zero-order valence-corrected chi connectivity index (χ0v) is 11.2. The minimum absolute atomic E-state index is 0.145. The van der Waals surface area contributed by atoms with Gasteiger partial charge in [0.1, 0.15) is 5.82 Å². The van der Waals surface area contributed by atoms with Crippen LogP contribution in [0.2, 0.25) is 0 Å². The molecular weight excluding hydrogens is 259 g/mol. The van der Waals surface area contributed by atoms with Crippen LogP contribution in [0.25, 0.3) is 43.8 Å². The molecule has 0 radical (unpaired) electrons. The van der Waals surface area contributed by atoms with E-state index in [0.717, 1.165) is 16.5 Å². The Morgan fingerprint density at radius 2 is 1.24 bits per heavy atom. The monoisotopic (exact) mass is 270 g/mol. The molecule has 5 rings (SSSR count). The molecule has 0 aliphatic heterocycles. The molecule has 1 heteroatoms. The smallest absolute Gasteiger partial charge is 0.131 e. The van der Waals surface area contributed by atoms with Crippen LogP contribution in [0.1, 0.15) is 0 Å². The van der Waals surface area contributed by atoms with Crippen molar-refractivity contribution in [2.45, 2.75) is 0 Å². The molecule has 1 aliphatic carbocycles. The van der Waals surface area contributed by atoms with Gasteiger partial charge in [-0.15, -0.1) is 0 Å². The molecule has 0 saturated carbocycles. The lowest BCUT2D eigenvalue weighted by Crippen LogP contribution is -1.80. The van der Waals surface area contributed by atoms with E-state index in [1.165, 1.54) is 21.9 Å². The SMILES string of the molecule is Fc1ccc2c3c(cccc13)-c1cc3ccccc3cc1-2. The lowest BCUT2D eigenvalue weighted by Gasteiger charge is -2.05. The van der Waals surface area contributed by atoms with Crippen molar-refractivity contribution < 1.29 is 4.39 Å². The van der Waals surface area contributed by atoms with Crippen molar-refractivity contribution in [2.24, 2.45) is 0 Å². The highest BCUT2D eigenvalue weighted by Crippen LogP contribution is 2.48. The fraction of sp³-hybridized carbons (Fsp3) is 0. The second kappa shape index (κ2) is 3.70. The van der Waals surface area contributed by atoms with Gasteiger partial charge in [0.15, 0.2) is 0 Å². The lowest BCUT2D eigenvalue weighted by molar-refractivity contribution is 0.640. The molecule has 0 heterocycles. The van der Waals surface area contributed by atoms with Gasteiger partial charge >= 0.3 is 0 Å². The number of fused-ring (bicyclic) bond motifs is 4. The molecule has 0 atom stereocenters. The molecule has 0 unspecified atom stereocenters. The van der Waals surface area contributed by atoms with E-state index in [1.54, 1.807) is 6.07 Å². The molecule has 21 heavy (non-hydrogen) atoms. The largest absolute Gasteiger partial charge is 0.206 e. The van der Waals surface area contributed by atoms with Gasteiger partial charge in [0.05, 0.1) is 0 Å². The van der Waals surface area contributed by atoms with Crippen LogP contribution in [-0.4, -0.2) is 0 Å². The molecule has 4 aromatic rings. The summed E-state index contributed by atoms with van der Waals surface area (Å²) in [4.78, 5) is 0. The Hall–Kier alpha value is -2.67. The van der Waals surface area contributed by atoms with Crippen molar-refractivity contribution in [3.8, 4) is 22.3 Å².